The Morgan fingerprint density at radius 2 is 2.50 bits per heavy atom. The molecule has 4 heteroatoms. The molecule has 0 aliphatic heterocycles. The molecule has 0 atom stereocenters. The molecule has 0 bridgehead atoms. The van der Waals surface area contributed by atoms with Crippen LogP contribution in [-0.2, 0) is 0 Å². The van der Waals surface area contributed by atoms with Crippen LogP contribution in [0.5, 0.6) is 5.06 Å². The molecule has 0 saturated heterocycles. The fourth-order valence-corrected chi connectivity index (χ4v) is 2.30. The second-order valence-electron chi connectivity index (χ2n) is 2.02. The number of carbonyl (C=O) groups excluding carboxylic acids is 1. The van der Waals surface area contributed by atoms with Crippen LogP contribution in [0.15, 0.2) is 23.2 Å². The number of thiophene rings is 1. The van der Waals surface area contributed by atoms with Gasteiger partial charge in [0.25, 0.3) is 0 Å². The van der Waals surface area contributed by atoms with Crippen LogP contribution >= 0.6 is 27.3 Å². The smallest absolute Gasteiger partial charge is 0.195 e. The minimum atomic E-state index is -0.0796. The zero-order valence-corrected chi connectivity index (χ0v) is 8.87. The average Bonchev–Trinajstić information content (AvgIpc) is 2.45. The first-order chi connectivity index (χ1) is 5.69. The molecule has 1 heterocycles. The third-order valence-electron chi connectivity index (χ3n) is 1.27. The molecule has 0 spiro atoms. The lowest BCUT2D eigenvalue weighted by atomic mass is 10.3. The van der Waals surface area contributed by atoms with E-state index >= 15 is 0 Å². The van der Waals surface area contributed by atoms with Gasteiger partial charge in [0, 0.05) is 0 Å². The van der Waals surface area contributed by atoms with Crippen LogP contribution in [0.2, 0.25) is 0 Å². The number of halogens is 1. The summed E-state index contributed by atoms with van der Waals surface area (Å²) in [6, 6.07) is 1.73. The Balaban J connectivity index is 3.04. The van der Waals surface area contributed by atoms with Gasteiger partial charge in [-0.15, -0.1) is 0 Å². The van der Waals surface area contributed by atoms with Crippen molar-refractivity contribution in [2.75, 3.05) is 7.11 Å². The number of ketones is 1. The molecular formula is C8H7BrO2S. The molecule has 1 aromatic heterocycles. The highest BCUT2D eigenvalue weighted by atomic mass is 79.9. The van der Waals surface area contributed by atoms with E-state index in [1.807, 2.05) is 0 Å². The van der Waals surface area contributed by atoms with Crippen LogP contribution in [0.4, 0.5) is 0 Å². The topological polar surface area (TPSA) is 26.3 Å². The maximum atomic E-state index is 11.1. The molecule has 1 aromatic rings. The van der Waals surface area contributed by atoms with Crippen LogP contribution in [-0.4, -0.2) is 12.9 Å². The maximum Gasteiger partial charge on any atom is 0.195 e. The lowest BCUT2D eigenvalue weighted by Crippen LogP contribution is -1.86. The highest BCUT2D eigenvalue weighted by molar-refractivity contribution is 9.10. The molecule has 0 aromatic carbocycles. The average molecular weight is 247 g/mol. The van der Waals surface area contributed by atoms with Crippen molar-refractivity contribution < 1.29 is 9.53 Å². The van der Waals surface area contributed by atoms with Gasteiger partial charge in [0.2, 0.25) is 0 Å². The fourth-order valence-electron chi connectivity index (χ4n) is 0.713. The van der Waals surface area contributed by atoms with Gasteiger partial charge in [0.05, 0.1) is 16.5 Å². The van der Waals surface area contributed by atoms with Crippen LogP contribution in [0.3, 0.4) is 0 Å². The Bertz CT molecular complexity index is 317. The zero-order chi connectivity index (χ0) is 9.14. The number of allylic oxidation sites excluding steroid dienone is 1. The molecule has 0 fully saturated rings. The predicted octanol–water partition coefficient (Wildman–Crippen LogP) is 2.89. The van der Waals surface area contributed by atoms with Crippen molar-refractivity contribution in [2.45, 2.75) is 0 Å². The van der Waals surface area contributed by atoms with Crippen LogP contribution < -0.4 is 4.74 Å². The molecule has 0 amide bonds. The summed E-state index contributed by atoms with van der Waals surface area (Å²) in [5, 5.41) is 0.709. The van der Waals surface area contributed by atoms with Crippen molar-refractivity contribution >= 4 is 33.0 Å². The van der Waals surface area contributed by atoms with Gasteiger partial charge in [-0.25, -0.2) is 0 Å². The Hall–Kier alpha value is -0.610. The summed E-state index contributed by atoms with van der Waals surface area (Å²) in [6.07, 6.45) is 1.29. The zero-order valence-electron chi connectivity index (χ0n) is 6.46. The number of hydrogen-bond acceptors (Lipinski definition) is 3. The predicted molar refractivity (Wildman–Crippen MR) is 53.1 cm³/mol. The lowest BCUT2D eigenvalue weighted by molar-refractivity contribution is 0.105. The molecule has 0 unspecified atom stereocenters. The fraction of sp³-hybridized carbons (Fsp3) is 0.125. The Morgan fingerprint density at radius 1 is 1.83 bits per heavy atom. The van der Waals surface area contributed by atoms with E-state index in [1.54, 1.807) is 13.2 Å². The molecule has 0 aliphatic rings. The molecule has 0 saturated carbocycles. The molecule has 1 rings (SSSR count). The summed E-state index contributed by atoms with van der Waals surface area (Å²) in [5.41, 5.74) is 0. The number of carbonyl (C=O) groups is 1. The van der Waals surface area contributed by atoms with Gasteiger partial charge in [-0.2, -0.15) is 0 Å². The minimum Gasteiger partial charge on any atom is -0.486 e. The molecule has 64 valence electrons. The molecule has 2 nitrogen and oxygen atoms in total. The standard InChI is InChI=1S/C8H7BrO2S/c1-3-6(10)7-4-5(9)8(11-2)12-7/h3-4H,1H2,2H3. The highest BCUT2D eigenvalue weighted by Crippen LogP contribution is 2.34. The van der Waals surface area contributed by atoms with Crippen molar-refractivity contribution in [2.24, 2.45) is 0 Å². The van der Waals surface area contributed by atoms with Crippen LogP contribution in [0, 0.1) is 0 Å². The highest BCUT2D eigenvalue weighted by Gasteiger charge is 2.10. The Labute approximate surface area is 83.0 Å². The number of rotatable bonds is 3. The van der Waals surface area contributed by atoms with E-state index in [4.69, 9.17) is 4.74 Å². The maximum absolute atomic E-state index is 11.1. The van der Waals surface area contributed by atoms with Crippen molar-refractivity contribution in [3.8, 4) is 5.06 Å². The second-order valence-corrected chi connectivity index (χ2v) is 3.89. The summed E-state index contributed by atoms with van der Waals surface area (Å²) in [5.74, 6) is -0.0796. The van der Waals surface area contributed by atoms with Crippen LogP contribution in [0.1, 0.15) is 9.67 Å². The van der Waals surface area contributed by atoms with Crippen LogP contribution in [0.25, 0.3) is 0 Å². The van der Waals surface area contributed by atoms with Gasteiger partial charge in [-0.1, -0.05) is 17.9 Å². The third kappa shape index (κ3) is 1.76. The summed E-state index contributed by atoms with van der Waals surface area (Å²) < 4.78 is 5.81. The first-order valence-electron chi connectivity index (χ1n) is 3.19. The molecule has 0 radical (unpaired) electrons. The minimum absolute atomic E-state index is 0.0796. The third-order valence-corrected chi connectivity index (χ3v) is 3.23. The second kappa shape index (κ2) is 3.87. The van der Waals surface area contributed by atoms with E-state index in [0.29, 0.717) is 9.94 Å². The number of hydrogen-bond donors (Lipinski definition) is 0. The van der Waals surface area contributed by atoms with E-state index in [9.17, 15) is 4.79 Å². The molecule has 0 N–H and O–H groups in total. The van der Waals surface area contributed by atoms with Gasteiger partial charge < -0.3 is 4.74 Å². The van der Waals surface area contributed by atoms with E-state index in [2.05, 4.69) is 22.5 Å². The first kappa shape index (κ1) is 9.48. The molecular weight excluding hydrogens is 240 g/mol. The van der Waals surface area contributed by atoms with Gasteiger partial charge in [-0.3, -0.25) is 4.79 Å². The SMILES string of the molecule is C=CC(=O)c1cc(Br)c(OC)s1. The normalized spacial score (nSPS) is 9.50. The van der Waals surface area contributed by atoms with E-state index in [0.717, 1.165) is 4.47 Å². The monoisotopic (exact) mass is 246 g/mol. The molecule has 12 heavy (non-hydrogen) atoms. The lowest BCUT2D eigenvalue weighted by Gasteiger charge is -1.91. The quantitative estimate of drug-likeness (QED) is 0.606. The number of ether oxygens (including phenoxy) is 1. The molecule has 0 aliphatic carbocycles. The Kier molecular flexibility index (Phi) is 3.05. The van der Waals surface area contributed by atoms with Crippen molar-refractivity contribution in [3.05, 3.63) is 28.1 Å². The number of methoxy groups -OCH3 is 1. The summed E-state index contributed by atoms with van der Waals surface area (Å²) >= 11 is 4.58. The van der Waals surface area contributed by atoms with Gasteiger partial charge in [0.15, 0.2) is 10.8 Å². The van der Waals surface area contributed by atoms with E-state index in [-0.39, 0.29) is 5.78 Å². The first-order valence-corrected chi connectivity index (χ1v) is 4.80. The van der Waals surface area contributed by atoms with E-state index < -0.39 is 0 Å². The summed E-state index contributed by atoms with van der Waals surface area (Å²) in [4.78, 5) is 11.7. The van der Waals surface area contributed by atoms with E-state index in [1.165, 1.54) is 17.4 Å². The van der Waals surface area contributed by atoms with Crippen molar-refractivity contribution in [3.63, 3.8) is 0 Å². The summed E-state index contributed by atoms with van der Waals surface area (Å²) in [7, 11) is 1.57. The van der Waals surface area contributed by atoms with Gasteiger partial charge in [0.1, 0.15) is 0 Å². The largest absolute Gasteiger partial charge is 0.486 e. The van der Waals surface area contributed by atoms with Crippen molar-refractivity contribution in [1.29, 1.82) is 0 Å². The van der Waals surface area contributed by atoms with Gasteiger partial charge >= 0.3 is 0 Å². The Morgan fingerprint density at radius 3 is 2.92 bits per heavy atom. The van der Waals surface area contributed by atoms with Crippen molar-refractivity contribution in [1.82, 2.24) is 0 Å². The summed E-state index contributed by atoms with van der Waals surface area (Å²) in [6.45, 7) is 3.40. The van der Waals surface area contributed by atoms with Gasteiger partial charge in [-0.05, 0) is 28.1 Å².